The zero-order chi connectivity index (χ0) is 14.9. The first kappa shape index (κ1) is 13.9. The van der Waals surface area contributed by atoms with Gasteiger partial charge in [0, 0.05) is 18.1 Å². The second-order valence-corrected chi connectivity index (χ2v) is 6.75. The Morgan fingerprint density at radius 2 is 2.09 bits per heavy atom. The molecule has 22 heavy (non-hydrogen) atoms. The fourth-order valence-electron chi connectivity index (χ4n) is 3.29. The second-order valence-electron chi connectivity index (χ2n) is 5.85. The summed E-state index contributed by atoms with van der Waals surface area (Å²) in [6.45, 7) is 1.93. The van der Waals surface area contributed by atoms with Gasteiger partial charge in [0.2, 0.25) is 0 Å². The minimum absolute atomic E-state index is 0.173. The van der Waals surface area contributed by atoms with Gasteiger partial charge < -0.3 is 0 Å². The summed E-state index contributed by atoms with van der Waals surface area (Å²) in [4.78, 5) is 8.39. The number of hydrogen-bond donors (Lipinski definition) is 0. The van der Waals surface area contributed by atoms with Crippen molar-refractivity contribution in [3.05, 3.63) is 59.2 Å². The summed E-state index contributed by atoms with van der Waals surface area (Å²) in [5, 5.41) is 2.10. The Bertz CT molecular complexity index is 762. The molecule has 1 aliphatic heterocycles. The molecule has 0 saturated carbocycles. The highest BCUT2D eigenvalue weighted by atomic mass is 32.1. The Labute approximate surface area is 133 Å². The Morgan fingerprint density at radius 1 is 1.23 bits per heavy atom. The molecule has 3 aromatic rings. The zero-order valence-corrected chi connectivity index (χ0v) is 13.1. The molecule has 0 N–H and O–H groups in total. The van der Waals surface area contributed by atoms with Crippen LogP contribution in [0.3, 0.4) is 0 Å². The summed E-state index contributed by atoms with van der Waals surface area (Å²) in [5.41, 5.74) is 2.35. The number of likely N-dealkylation sites (tertiary alicyclic amines) is 1. The first-order valence-electron chi connectivity index (χ1n) is 7.70. The zero-order valence-electron chi connectivity index (χ0n) is 12.3. The van der Waals surface area contributed by atoms with Crippen LogP contribution in [0.15, 0.2) is 42.2 Å². The number of benzene rings is 1. The standard InChI is InChI=1S/C17H18FN3S/c18-14-6-4-13(5-7-14)11-20-8-2-1-3-15(20)16-17-21(12-19-16)9-10-22-17/h4-7,9-10,12,15H,1-3,8,11H2/t15-/m0/s1. The summed E-state index contributed by atoms with van der Waals surface area (Å²) in [6, 6.07) is 7.22. The normalized spacial score (nSPS) is 19.8. The van der Waals surface area contributed by atoms with Gasteiger partial charge in [-0.05, 0) is 37.1 Å². The van der Waals surface area contributed by atoms with Crippen LogP contribution in [0, 0.1) is 5.82 Å². The Hall–Kier alpha value is -1.72. The molecule has 1 aliphatic rings. The van der Waals surface area contributed by atoms with E-state index in [0.717, 1.165) is 25.1 Å². The number of fused-ring (bicyclic) bond motifs is 1. The fraction of sp³-hybridized carbons (Fsp3) is 0.353. The van der Waals surface area contributed by atoms with Crippen molar-refractivity contribution in [2.24, 2.45) is 0 Å². The first-order chi connectivity index (χ1) is 10.8. The SMILES string of the molecule is Fc1ccc(CN2CCCC[C@H]2c2ncn3ccsc23)cc1. The molecule has 0 spiro atoms. The number of hydrogen-bond acceptors (Lipinski definition) is 3. The van der Waals surface area contributed by atoms with Gasteiger partial charge in [-0.3, -0.25) is 9.30 Å². The van der Waals surface area contributed by atoms with Gasteiger partial charge in [0.05, 0.1) is 11.7 Å². The molecule has 0 unspecified atom stereocenters. The fourth-order valence-corrected chi connectivity index (χ4v) is 4.16. The number of rotatable bonds is 3. The minimum atomic E-state index is -0.173. The number of piperidine rings is 1. The number of aromatic nitrogens is 2. The van der Waals surface area contributed by atoms with Crippen LogP contribution in [0.1, 0.15) is 36.6 Å². The Morgan fingerprint density at radius 3 is 2.95 bits per heavy atom. The van der Waals surface area contributed by atoms with Gasteiger partial charge >= 0.3 is 0 Å². The minimum Gasteiger partial charge on any atom is -0.297 e. The highest BCUT2D eigenvalue weighted by Crippen LogP contribution is 2.34. The van der Waals surface area contributed by atoms with E-state index in [0.29, 0.717) is 6.04 Å². The third-order valence-electron chi connectivity index (χ3n) is 4.40. The van der Waals surface area contributed by atoms with Crippen molar-refractivity contribution in [3.63, 3.8) is 0 Å². The van der Waals surface area contributed by atoms with Crippen molar-refractivity contribution in [2.75, 3.05) is 6.54 Å². The highest BCUT2D eigenvalue weighted by molar-refractivity contribution is 7.15. The number of imidazole rings is 1. The number of thiazole rings is 1. The molecule has 4 rings (SSSR count). The maximum absolute atomic E-state index is 13.1. The maximum Gasteiger partial charge on any atom is 0.124 e. The Balaban J connectivity index is 1.62. The summed E-state index contributed by atoms with van der Waals surface area (Å²) in [5.74, 6) is -0.173. The average Bonchev–Trinajstić information content (AvgIpc) is 3.13. The molecule has 3 nitrogen and oxygen atoms in total. The topological polar surface area (TPSA) is 20.5 Å². The lowest BCUT2D eigenvalue weighted by atomic mass is 9.99. The van der Waals surface area contributed by atoms with Crippen LogP contribution in [0.4, 0.5) is 4.39 Å². The van der Waals surface area contributed by atoms with E-state index in [4.69, 9.17) is 0 Å². The largest absolute Gasteiger partial charge is 0.297 e. The van der Waals surface area contributed by atoms with Gasteiger partial charge in [0.15, 0.2) is 0 Å². The van der Waals surface area contributed by atoms with E-state index in [1.807, 2.05) is 18.5 Å². The van der Waals surface area contributed by atoms with Crippen LogP contribution in [0.25, 0.3) is 4.83 Å². The van der Waals surface area contributed by atoms with E-state index in [-0.39, 0.29) is 5.82 Å². The number of halogens is 1. The van der Waals surface area contributed by atoms with E-state index in [9.17, 15) is 4.39 Å². The van der Waals surface area contributed by atoms with Crippen molar-refractivity contribution in [1.82, 2.24) is 14.3 Å². The van der Waals surface area contributed by atoms with Crippen LogP contribution in [-0.2, 0) is 6.54 Å². The lowest BCUT2D eigenvalue weighted by molar-refractivity contribution is 0.138. The van der Waals surface area contributed by atoms with Gasteiger partial charge in [-0.25, -0.2) is 9.37 Å². The first-order valence-corrected chi connectivity index (χ1v) is 8.58. The Kier molecular flexibility index (Phi) is 3.68. The van der Waals surface area contributed by atoms with Crippen LogP contribution in [0.5, 0.6) is 0 Å². The van der Waals surface area contributed by atoms with Gasteiger partial charge in [-0.2, -0.15) is 0 Å². The molecule has 1 atom stereocenters. The van der Waals surface area contributed by atoms with Gasteiger partial charge in [-0.1, -0.05) is 18.6 Å². The van der Waals surface area contributed by atoms with E-state index >= 15 is 0 Å². The van der Waals surface area contributed by atoms with Crippen molar-refractivity contribution in [2.45, 2.75) is 31.8 Å². The summed E-state index contributed by atoms with van der Waals surface area (Å²) in [6.07, 6.45) is 7.58. The van der Waals surface area contributed by atoms with Crippen molar-refractivity contribution in [3.8, 4) is 0 Å². The maximum atomic E-state index is 13.1. The number of nitrogens with zero attached hydrogens (tertiary/aromatic N) is 3. The molecule has 0 radical (unpaired) electrons. The lowest BCUT2D eigenvalue weighted by Gasteiger charge is -2.34. The van der Waals surface area contributed by atoms with Crippen LogP contribution < -0.4 is 0 Å². The van der Waals surface area contributed by atoms with E-state index in [2.05, 4.69) is 25.9 Å². The third-order valence-corrected chi connectivity index (χ3v) is 5.31. The smallest absolute Gasteiger partial charge is 0.124 e. The molecule has 0 bridgehead atoms. The van der Waals surface area contributed by atoms with Gasteiger partial charge in [-0.15, -0.1) is 11.3 Å². The molecule has 0 amide bonds. The quantitative estimate of drug-likeness (QED) is 0.720. The van der Waals surface area contributed by atoms with E-state index in [1.54, 1.807) is 23.5 Å². The molecule has 1 fully saturated rings. The summed E-state index contributed by atoms with van der Waals surface area (Å²) >= 11 is 1.75. The van der Waals surface area contributed by atoms with E-state index in [1.165, 1.54) is 23.4 Å². The molecule has 2 aromatic heterocycles. The van der Waals surface area contributed by atoms with Crippen molar-refractivity contribution in [1.29, 1.82) is 0 Å². The molecule has 1 aromatic carbocycles. The monoisotopic (exact) mass is 315 g/mol. The molecule has 5 heteroatoms. The average molecular weight is 315 g/mol. The van der Waals surface area contributed by atoms with Crippen molar-refractivity contribution >= 4 is 16.2 Å². The van der Waals surface area contributed by atoms with Crippen LogP contribution in [-0.4, -0.2) is 20.8 Å². The molecule has 114 valence electrons. The molecular weight excluding hydrogens is 297 g/mol. The molecule has 0 aliphatic carbocycles. The second kappa shape index (κ2) is 5.82. The van der Waals surface area contributed by atoms with Crippen LogP contribution >= 0.6 is 11.3 Å². The molecule has 1 saturated heterocycles. The highest BCUT2D eigenvalue weighted by Gasteiger charge is 2.27. The summed E-state index contributed by atoms with van der Waals surface area (Å²) in [7, 11) is 0. The van der Waals surface area contributed by atoms with Gasteiger partial charge in [0.1, 0.15) is 17.0 Å². The molecular formula is C17H18FN3S. The predicted molar refractivity (Wildman–Crippen MR) is 86.5 cm³/mol. The van der Waals surface area contributed by atoms with Crippen molar-refractivity contribution < 1.29 is 4.39 Å². The molecule has 3 heterocycles. The van der Waals surface area contributed by atoms with Gasteiger partial charge in [0.25, 0.3) is 0 Å². The van der Waals surface area contributed by atoms with Crippen LogP contribution in [0.2, 0.25) is 0 Å². The predicted octanol–water partition coefficient (Wildman–Crippen LogP) is 4.26. The third kappa shape index (κ3) is 2.55. The lowest BCUT2D eigenvalue weighted by Crippen LogP contribution is -2.33. The van der Waals surface area contributed by atoms with E-state index < -0.39 is 0 Å². The summed E-state index contributed by atoms with van der Waals surface area (Å²) < 4.78 is 15.2.